The maximum atomic E-state index is 15.8. The van der Waals surface area contributed by atoms with E-state index in [1.54, 1.807) is 109 Å². The van der Waals surface area contributed by atoms with E-state index in [4.69, 9.17) is 61.3 Å². The molecule has 119 heavy (non-hydrogen) atoms. The molecule has 3 fully saturated rings. The number of aldehydes is 1. The first kappa shape index (κ1) is 82.7. The molecule has 28 nitrogen and oxygen atoms in total. The van der Waals surface area contributed by atoms with Crippen LogP contribution in [0.1, 0.15) is 130 Å². The fourth-order valence-corrected chi connectivity index (χ4v) is 15.9. The van der Waals surface area contributed by atoms with Crippen LogP contribution in [0.5, 0.6) is 11.8 Å². The lowest BCUT2D eigenvalue weighted by atomic mass is 9.92. The number of hydrogen-bond acceptors (Lipinski definition) is 25. The van der Waals surface area contributed by atoms with Crippen molar-refractivity contribution < 1.29 is 119 Å². The average molecular weight is 1630 g/mol. The number of imide groups is 1. The Kier molecular flexibility index (Phi) is 25.3. The van der Waals surface area contributed by atoms with Gasteiger partial charge in [-0.3, -0.25) is 28.6 Å². The number of ether oxygens (including phenoxy) is 12. The van der Waals surface area contributed by atoms with Gasteiger partial charge in [-0.15, -0.1) is 0 Å². The maximum Gasteiger partial charge on any atom is 0.338 e. The number of aromatic hydroxyl groups is 2. The quantitative estimate of drug-likeness (QED) is 0.0135. The zero-order chi connectivity index (χ0) is 83.7. The maximum absolute atomic E-state index is 15.8. The number of carbonyl (C=O) groups excluding carboxylic acids is 10. The Morgan fingerprint density at radius 2 is 0.899 bits per heavy atom. The predicted molar refractivity (Wildman–Crippen MR) is 425 cm³/mol. The predicted octanol–water partition coefficient (Wildman–Crippen LogP) is 12.1. The number of hydrogen-bond donors (Lipinski definition) is 3. The molecule has 14 atom stereocenters. The molecular formula is C90H83N3O25Si. The lowest BCUT2D eigenvalue weighted by Crippen LogP contribution is -2.72. The highest BCUT2D eigenvalue weighted by atomic mass is 28.4. The topological polar surface area (TPSA) is 351 Å². The van der Waals surface area contributed by atoms with Crippen LogP contribution >= 0.6 is 0 Å². The number of carbonyl (C=O) groups is 10. The van der Waals surface area contributed by atoms with Crippen LogP contribution < -0.4 is 5.32 Å². The molecule has 3 amide bonds. The van der Waals surface area contributed by atoms with E-state index < -0.39 is 185 Å². The van der Waals surface area contributed by atoms with Crippen molar-refractivity contribution in [2.24, 2.45) is 0 Å². The van der Waals surface area contributed by atoms with Crippen molar-refractivity contribution in [2.75, 3.05) is 26.9 Å². The molecule has 0 bridgehead atoms. The second-order valence-electron chi connectivity index (χ2n) is 29.4. The molecule has 4 aliphatic heterocycles. The number of nitrogens with one attached hydrogen (secondary N) is 1. The highest BCUT2D eigenvalue weighted by Crippen LogP contribution is 2.48. The van der Waals surface area contributed by atoms with Crippen molar-refractivity contribution in [2.45, 2.75) is 124 Å². The molecule has 3 N–H and O–H groups in total. The average Bonchev–Trinajstić information content (AvgIpc) is 1.71. The summed E-state index contributed by atoms with van der Waals surface area (Å²) in [6, 6.07) is 57.7. The molecule has 3 saturated heterocycles. The molecule has 10 aromatic rings. The van der Waals surface area contributed by atoms with E-state index in [0.29, 0.717) is 6.29 Å². The molecule has 1 aromatic heterocycles. The third-order valence-electron chi connectivity index (χ3n) is 21.4. The van der Waals surface area contributed by atoms with Crippen LogP contribution in [0.15, 0.2) is 255 Å². The van der Waals surface area contributed by atoms with E-state index >= 15 is 33.6 Å². The molecule has 612 valence electrons. The Hall–Kier alpha value is -12.8. The summed E-state index contributed by atoms with van der Waals surface area (Å²) in [6.45, 7) is 4.71. The Morgan fingerprint density at radius 3 is 1.36 bits per heavy atom. The molecule has 0 saturated carbocycles. The molecule has 4 aliphatic rings. The molecule has 14 unspecified atom stereocenters. The second-order valence-corrected chi connectivity index (χ2v) is 34.0. The van der Waals surface area contributed by atoms with Gasteiger partial charge in [0, 0.05) is 35.4 Å². The molecule has 29 heteroatoms. The molecule has 5 heterocycles. The van der Waals surface area contributed by atoms with Gasteiger partial charge in [-0.2, -0.15) is 0 Å². The minimum absolute atomic E-state index is 0.0299. The smallest absolute Gasteiger partial charge is 0.338 e. The van der Waals surface area contributed by atoms with E-state index in [2.05, 4.69) is 5.32 Å². The number of rotatable bonds is 28. The Bertz CT molecular complexity index is 5280. The summed E-state index contributed by atoms with van der Waals surface area (Å²) in [6.07, 6.45) is -20.3. The van der Waals surface area contributed by atoms with Crippen LogP contribution in [0.2, 0.25) is 18.6 Å². The number of amides is 3. The Balaban J connectivity index is 1.02. The van der Waals surface area contributed by atoms with Crippen LogP contribution in [-0.4, -0.2) is 194 Å². The number of benzene rings is 9. The van der Waals surface area contributed by atoms with Crippen molar-refractivity contribution in [3.8, 4) is 11.8 Å². The van der Waals surface area contributed by atoms with Gasteiger partial charge in [-0.1, -0.05) is 166 Å². The highest BCUT2D eigenvalue weighted by Gasteiger charge is 2.63. The van der Waals surface area contributed by atoms with E-state index in [0.717, 1.165) is 9.47 Å². The van der Waals surface area contributed by atoms with Gasteiger partial charge in [0.1, 0.15) is 68.5 Å². The summed E-state index contributed by atoms with van der Waals surface area (Å²) in [5.41, 5.74) is -1.02. The minimum Gasteiger partial charge on any atom is -0.494 e. The van der Waals surface area contributed by atoms with Gasteiger partial charge in [0.15, 0.2) is 45.7 Å². The lowest BCUT2D eigenvalue weighted by Gasteiger charge is -2.54. The number of nitrogens with zero attached hydrogens (tertiary/aromatic N) is 2. The first-order chi connectivity index (χ1) is 57.5. The zero-order valence-corrected chi connectivity index (χ0v) is 65.9. The van der Waals surface area contributed by atoms with Gasteiger partial charge in [0.05, 0.1) is 44.5 Å². The summed E-state index contributed by atoms with van der Waals surface area (Å²) < 4.78 is 89.8. The summed E-state index contributed by atoms with van der Waals surface area (Å²) >= 11 is 0. The van der Waals surface area contributed by atoms with Gasteiger partial charge in [0.25, 0.3) is 17.7 Å². The van der Waals surface area contributed by atoms with Crippen LogP contribution in [0.4, 0.5) is 0 Å². The number of esters is 6. The number of aromatic nitrogens is 1. The summed E-state index contributed by atoms with van der Waals surface area (Å²) in [5, 5.41) is 28.1. The molecule has 0 spiro atoms. The van der Waals surface area contributed by atoms with Crippen molar-refractivity contribution in [1.29, 1.82) is 0 Å². The van der Waals surface area contributed by atoms with Crippen molar-refractivity contribution >= 4 is 78.9 Å². The fraction of sp³-hybridized carbons (Fsp3) is 0.267. The van der Waals surface area contributed by atoms with Gasteiger partial charge < -0.3 is 76.8 Å². The third-order valence-corrected chi connectivity index (χ3v) is 25.0. The first-order valence-corrected chi connectivity index (χ1v) is 41.3. The van der Waals surface area contributed by atoms with Crippen LogP contribution in [-0.2, 0) is 61.3 Å². The van der Waals surface area contributed by atoms with Gasteiger partial charge in [-0.05, 0) is 122 Å². The molecule has 9 aromatic carbocycles. The van der Waals surface area contributed by atoms with Crippen molar-refractivity contribution in [3.05, 3.63) is 310 Å². The standard InChI is InChI=1S/C90H83N3O25Si/c1-53(2)119(4,5)118-73-68(51-108-82(101)55-32-14-7-15-33-55)112-89(71(75(73)114-86(105)59-40-22-11-23-41-59)93-79(98)64-46-28-29-47-65(64)80(93)99)117-90(52-109-83(102)56-34-16-8-17-35-56)48-66(110-84(103)57-36-18-9-19-37-57)69(91-76(95)61-43-25-24-42-60(61)49-94)87(116-90)115-72-67(50-107-81(100)54-30-12-6-13-31-54)111-88(106-3)70(74(72)113-85(104)58-38-20-10-21-39-58)92-77(96)62-44-26-27-45-63(62)78(92)97/h6-47,49,53,66-75,87-89,96-97H,48,50-52H2,1-5H3,(H,91,95). The molecular weight excluding hydrogens is 1550 g/mol. The Labute approximate surface area is 683 Å². The summed E-state index contributed by atoms with van der Waals surface area (Å²) in [4.78, 5) is 151. The highest BCUT2D eigenvalue weighted by molar-refractivity contribution is 6.72. The SMILES string of the molecule is COC1OC(COC(=O)c2ccccc2)C(OC2OC(COC(=O)c3ccccc3)(OC3OC(COC(=O)c4ccccc4)C(O[Si](C)(C)C(C)C)C(OC(=O)c4ccccc4)C3N3C(=O)c4ccccc4C3=O)CC(OC(=O)c3ccccc3)C2NC(=O)c2ccccc2C=O)C(OC(=O)c2ccccc2)C1n1c(O)c2ccccc2c1O. The first-order valence-electron chi connectivity index (χ1n) is 38.3. The zero-order valence-electron chi connectivity index (χ0n) is 64.9. The largest absolute Gasteiger partial charge is 0.494 e. The fourth-order valence-electron chi connectivity index (χ4n) is 14.7. The van der Waals surface area contributed by atoms with Crippen LogP contribution in [0.25, 0.3) is 10.8 Å². The second kappa shape index (κ2) is 36.3. The summed E-state index contributed by atoms with van der Waals surface area (Å²) in [5.74, 6) is -13.3. The monoisotopic (exact) mass is 1630 g/mol. The summed E-state index contributed by atoms with van der Waals surface area (Å²) in [7, 11) is -2.01. The van der Waals surface area contributed by atoms with Crippen LogP contribution in [0.3, 0.4) is 0 Å². The minimum atomic E-state index is -3.21. The normalized spacial score (nSPS) is 23.5. The van der Waals surface area contributed by atoms with E-state index in [-0.39, 0.29) is 71.9 Å². The molecule has 0 radical (unpaired) electrons. The van der Waals surface area contributed by atoms with E-state index in [1.807, 2.05) is 26.9 Å². The number of methoxy groups -OCH3 is 1. The van der Waals surface area contributed by atoms with E-state index in [1.165, 1.54) is 153 Å². The molecule has 14 rings (SSSR count). The molecule has 0 aliphatic carbocycles. The lowest BCUT2D eigenvalue weighted by molar-refractivity contribution is -0.420. The van der Waals surface area contributed by atoms with Crippen molar-refractivity contribution in [1.82, 2.24) is 14.8 Å². The van der Waals surface area contributed by atoms with Gasteiger partial charge in [0.2, 0.25) is 17.5 Å². The van der Waals surface area contributed by atoms with Gasteiger partial charge in [-0.25, -0.2) is 28.8 Å². The van der Waals surface area contributed by atoms with Crippen molar-refractivity contribution in [3.63, 3.8) is 0 Å². The van der Waals surface area contributed by atoms with Crippen LogP contribution in [0, 0.1) is 0 Å². The Morgan fingerprint density at radius 1 is 0.496 bits per heavy atom. The third kappa shape index (κ3) is 17.9. The van der Waals surface area contributed by atoms with Gasteiger partial charge >= 0.3 is 35.8 Å². The van der Waals surface area contributed by atoms with E-state index in [9.17, 15) is 24.6 Å². The number of fused-ring (bicyclic) bond motifs is 2.